The van der Waals surface area contributed by atoms with Gasteiger partial charge in [0.1, 0.15) is 10.5 Å². The molecule has 0 aliphatic carbocycles. The van der Waals surface area contributed by atoms with Crippen molar-refractivity contribution in [2.75, 3.05) is 11.4 Å². The summed E-state index contributed by atoms with van der Waals surface area (Å²) in [7, 11) is 0. The van der Waals surface area contributed by atoms with E-state index in [0.717, 1.165) is 27.8 Å². The Bertz CT molecular complexity index is 1020. The number of carbonyl (C=O) groups excluding carboxylic acids is 2. The molecule has 2 aliphatic rings. The monoisotopic (exact) mass is 400 g/mol. The molecule has 148 valence electrons. The van der Waals surface area contributed by atoms with Gasteiger partial charge in [-0.2, -0.15) is 0 Å². The lowest BCUT2D eigenvalue weighted by atomic mass is 9.98. The van der Waals surface area contributed by atoms with Gasteiger partial charge in [-0.3, -0.25) is 9.69 Å². The van der Waals surface area contributed by atoms with Crippen molar-refractivity contribution in [2.45, 2.75) is 52.2 Å². The molecule has 0 saturated carbocycles. The minimum atomic E-state index is -0.631. The molecule has 28 heavy (non-hydrogen) atoms. The molecule has 4 rings (SSSR count). The summed E-state index contributed by atoms with van der Waals surface area (Å²) >= 11 is 1.39. The van der Waals surface area contributed by atoms with Gasteiger partial charge in [-0.05, 0) is 51.8 Å². The van der Waals surface area contributed by atoms with Crippen molar-refractivity contribution < 1.29 is 14.3 Å². The van der Waals surface area contributed by atoms with E-state index in [4.69, 9.17) is 10.5 Å². The summed E-state index contributed by atoms with van der Waals surface area (Å²) in [5.74, 6) is 0.436. The fourth-order valence-corrected chi connectivity index (χ4v) is 4.79. The Balaban J connectivity index is 1.95. The topological polar surface area (TPSA) is 97.0 Å². The number of ether oxygens (including phenoxy) is 1. The van der Waals surface area contributed by atoms with Crippen LogP contribution in [0.1, 0.15) is 49.4 Å². The summed E-state index contributed by atoms with van der Waals surface area (Å²) in [5.41, 5.74) is 7.75. The van der Waals surface area contributed by atoms with Crippen LogP contribution >= 0.6 is 11.3 Å². The molecule has 0 unspecified atom stereocenters. The number of hydrogen-bond donors (Lipinski definition) is 2. The second-order valence-electron chi connectivity index (χ2n) is 8.28. The number of carbonyl (C=O) groups is 2. The van der Waals surface area contributed by atoms with Gasteiger partial charge in [0, 0.05) is 29.1 Å². The first-order chi connectivity index (χ1) is 13.1. The molecule has 1 aromatic carbocycles. The smallest absolute Gasteiger partial charge is 0.414 e. The lowest BCUT2D eigenvalue weighted by Crippen LogP contribution is -2.43. The average Bonchev–Trinajstić information content (AvgIpc) is 2.92. The van der Waals surface area contributed by atoms with Crippen molar-refractivity contribution >= 4 is 50.6 Å². The maximum absolute atomic E-state index is 13.1. The molecular weight excluding hydrogens is 376 g/mol. The predicted octanol–water partition coefficient (Wildman–Crippen LogP) is 3.71. The van der Waals surface area contributed by atoms with Crippen LogP contribution in [0.4, 0.5) is 16.2 Å². The van der Waals surface area contributed by atoms with E-state index < -0.39 is 11.7 Å². The third-order valence-electron chi connectivity index (χ3n) is 4.73. The van der Waals surface area contributed by atoms with E-state index >= 15 is 0 Å². The SMILES string of the molecule is C[C@@H]1CN(C(=O)OC(C)(C)C)c2c(sc3ccc4c(c23)CCC(N)=N4)C(=O)N1. The molecule has 0 fully saturated rings. The largest absolute Gasteiger partial charge is 0.443 e. The highest BCUT2D eigenvalue weighted by Crippen LogP contribution is 2.45. The lowest BCUT2D eigenvalue weighted by Gasteiger charge is -2.28. The first-order valence-corrected chi connectivity index (χ1v) is 10.2. The number of amidine groups is 1. The molecule has 3 N–H and O–H groups in total. The summed E-state index contributed by atoms with van der Waals surface area (Å²) in [4.78, 5) is 32.5. The number of nitrogens with one attached hydrogen (secondary N) is 1. The fourth-order valence-electron chi connectivity index (χ4n) is 3.65. The standard InChI is InChI=1S/C20H24N4O3S/c1-10-9-24(19(26)27-20(2,3)4)16-15-11-5-8-14(21)23-12(11)6-7-13(15)28-17(16)18(25)22-10/h6-7,10H,5,8-9H2,1-4H3,(H2,21,23)(H,22,25)/t10-/m1/s1. The molecular formula is C20H24N4O3S. The zero-order valence-corrected chi connectivity index (χ0v) is 17.3. The molecule has 0 spiro atoms. The summed E-state index contributed by atoms with van der Waals surface area (Å²) in [6.45, 7) is 7.73. The first-order valence-electron chi connectivity index (χ1n) is 9.37. The van der Waals surface area contributed by atoms with Crippen molar-refractivity contribution in [3.8, 4) is 0 Å². The maximum Gasteiger partial charge on any atom is 0.414 e. The molecule has 8 heteroatoms. The van der Waals surface area contributed by atoms with Gasteiger partial charge in [0.05, 0.1) is 17.2 Å². The van der Waals surface area contributed by atoms with Crippen LogP contribution in [0, 0.1) is 0 Å². The second-order valence-corrected chi connectivity index (χ2v) is 9.34. The van der Waals surface area contributed by atoms with Crippen LogP contribution in [0.2, 0.25) is 0 Å². The highest BCUT2D eigenvalue weighted by molar-refractivity contribution is 7.21. The number of benzene rings is 1. The van der Waals surface area contributed by atoms with E-state index in [9.17, 15) is 9.59 Å². The molecule has 2 amide bonds. The minimum Gasteiger partial charge on any atom is -0.443 e. The highest BCUT2D eigenvalue weighted by atomic mass is 32.1. The van der Waals surface area contributed by atoms with E-state index in [1.165, 1.54) is 11.3 Å². The Hall–Kier alpha value is -2.61. The van der Waals surface area contributed by atoms with Crippen LogP contribution in [-0.2, 0) is 11.2 Å². The van der Waals surface area contributed by atoms with Gasteiger partial charge in [0.15, 0.2) is 0 Å². The molecule has 2 aliphatic heterocycles. The van der Waals surface area contributed by atoms with Gasteiger partial charge in [0.25, 0.3) is 5.91 Å². The Kier molecular flexibility index (Phi) is 4.33. The molecule has 1 atom stereocenters. The average molecular weight is 401 g/mol. The van der Waals surface area contributed by atoms with Gasteiger partial charge in [-0.25, -0.2) is 9.79 Å². The minimum absolute atomic E-state index is 0.165. The Morgan fingerprint density at radius 3 is 2.82 bits per heavy atom. The fraction of sp³-hybridized carbons (Fsp3) is 0.450. The second kappa shape index (κ2) is 6.48. The zero-order valence-electron chi connectivity index (χ0n) is 16.5. The molecule has 0 saturated heterocycles. The van der Waals surface area contributed by atoms with Gasteiger partial charge in [-0.15, -0.1) is 11.3 Å². The predicted molar refractivity (Wildman–Crippen MR) is 112 cm³/mol. The summed E-state index contributed by atoms with van der Waals surface area (Å²) in [6.07, 6.45) is 0.934. The number of thiophene rings is 1. The maximum atomic E-state index is 13.1. The van der Waals surface area contributed by atoms with Gasteiger partial charge < -0.3 is 15.8 Å². The van der Waals surface area contributed by atoms with Crippen LogP contribution in [0.15, 0.2) is 17.1 Å². The van der Waals surface area contributed by atoms with Crippen molar-refractivity contribution in [1.29, 1.82) is 0 Å². The molecule has 2 aromatic rings. The van der Waals surface area contributed by atoms with Gasteiger partial charge in [-0.1, -0.05) is 0 Å². The molecule has 3 heterocycles. The normalized spacial score (nSPS) is 19.4. The molecule has 0 radical (unpaired) electrons. The molecule has 7 nitrogen and oxygen atoms in total. The van der Waals surface area contributed by atoms with Crippen LogP contribution in [0.25, 0.3) is 10.1 Å². The van der Waals surface area contributed by atoms with Crippen LogP contribution in [-0.4, -0.2) is 36.0 Å². The number of aryl methyl sites for hydroxylation is 1. The quantitative estimate of drug-likeness (QED) is 0.704. The number of nitrogens with two attached hydrogens (primary N) is 1. The Labute approximate surface area is 167 Å². The van der Waals surface area contributed by atoms with E-state index in [-0.39, 0.29) is 11.9 Å². The van der Waals surface area contributed by atoms with Crippen molar-refractivity contribution in [1.82, 2.24) is 5.32 Å². The third-order valence-corrected chi connectivity index (χ3v) is 5.88. The Morgan fingerprint density at radius 2 is 2.11 bits per heavy atom. The lowest BCUT2D eigenvalue weighted by molar-refractivity contribution is 0.0578. The first kappa shape index (κ1) is 18.7. The van der Waals surface area contributed by atoms with Crippen LogP contribution < -0.4 is 16.0 Å². The number of amides is 2. The van der Waals surface area contributed by atoms with Crippen LogP contribution in [0.5, 0.6) is 0 Å². The number of nitrogens with zero attached hydrogens (tertiary/aromatic N) is 2. The van der Waals surface area contributed by atoms with E-state index in [2.05, 4.69) is 10.3 Å². The van der Waals surface area contributed by atoms with Crippen LogP contribution in [0.3, 0.4) is 0 Å². The summed E-state index contributed by atoms with van der Waals surface area (Å²) in [6, 6.07) is 3.68. The number of aliphatic imine (C=N–C) groups is 1. The highest BCUT2D eigenvalue weighted by Gasteiger charge is 2.35. The number of rotatable bonds is 0. The van der Waals surface area contributed by atoms with Crippen molar-refractivity contribution in [2.24, 2.45) is 10.7 Å². The van der Waals surface area contributed by atoms with E-state index in [1.54, 1.807) is 4.90 Å². The van der Waals surface area contributed by atoms with E-state index in [1.807, 2.05) is 39.8 Å². The third kappa shape index (κ3) is 3.22. The summed E-state index contributed by atoms with van der Waals surface area (Å²) < 4.78 is 6.61. The number of anilines is 1. The number of hydrogen-bond acceptors (Lipinski definition) is 6. The van der Waals surface area contributed by atoms with Crippen molar-refractivity contribution in [3.63, 3.8) is 0 Å². The zero-order chi connectivity index (χ0) is 20.2. The molecule has 0 bridgehead atoms. The van der Waals surface area contributed by atoms with Gasteiger partial charge in [0.2, 0.25) is 0 Å². The van der Waals surface area contributed by atoms with E-state index in [0.29, 0.717) is 29.4 Å². The number of fused-ring (bicyclic) bond motifs is 5. The Morgan fingerprint density at radius 1 is 1.36 bits per heavy atom. The van der Waals surface area contributed by atoms with Crippen molar-refractivity contribution in [3.05, 3.63) is 22.6 Å². The van der Waals surface area contributed by atoms with Gasteiger partial charge >= 0.3 is 6.09 Å². The summed E-state index contributed by atoms with van der Waals surface area (Å²) in [5, 5.41) is 3.87. The molecule has 1 aromatic heterocycles.